The Labute approximate surface area is 191 Å². The van der Waals surface area contributed by atoms with Gasteiger partial charge in [0.2, 0.25) is 5.91 Å². The molecule has 174 valence electrons. The quantitative estimate of drug-likeness (QED) is 0.699. The van der Waals surface area contributed by atoms with Crippen LogP contribution in [0.25, 0.3) is 0 Å². The third kappa shape index (κ3) is 5.21. The second-order valence-corrected chi connectivity index (χ2v) is 8.48. The molecular weight excluding hydrogens is 431 g/mol. The average Bonchev–Trinajstić information content (AvgIpc) is 3.09. The minimum atomic E-state index is -4.49. The number of hydrogen-bond donors (Lipinski definition) is 0. The highest BCUT2D eigenvalue weighted by molar-refractivity contribution is 5.80. The number of benzene rings is 1. The molecule has 0 aliphatic carbocycles. The SMILES string of the molecule is N#Cc1ccc(N2CCCN(C(=O)C3CCCN(c4ncccc4C(F)(F)F)C3)CC2)cc1. The molecule has 0 saturated carbocycles. The number of hydrogen-bond acceptors (Lipinski definition) is 5. The molecule has 2 aliphatic heterocycles. The molecule has 1 atom stereocenters. The number of halogens is 3. The Hall–Kier alpha value is -3.28. The predicted molar refractivity (Wildman–Crippen MR) is 119 cm³/mol. The summed E-state index contributed by atoms with van der Waals surface area (Å²) >= 11 is 0. The number of alkyl halides is 3. The number of pyridine rings is 1. The maximum Gasteiger partial charge on any atom is 0.419 e. The molecule has 4 rings (SSSR count). The van der Waals surface area contributed by atoms with Crippen LogP contribution in [0.1, 0.15) is 30.4 Å². The Kier molecular flexibility index (Phi) is 6.72. The average molecular weight is 458 g/mol. The van der Waals surface area contributed by atoms with Crippen LogP contribution in [0.3, 0.4) is 0 Å². The highest BCUT2D eigenvalue weighted by atomic mass is 19.4. The number of carbonyl (C=O) groups excluding carboxylic acids is 1. The van der Waals surface area contributed by atoms with Crippen LogP contribution in [0.15, 0.2) is 42.6 Å². The topological polar surface area (TPSA) is 63.5 Å². The lowest BCUT2D eigenvalue weighted by molar-refractivity contribution is -0.137. The van der Waals surface area contributed by atoms with Gasteiger partial charge in [0.05, 0.1) is 23.1 Å². The highest BCUT2D eigenvalue weighted by Gasteiger charge is 2.38. The van der Waals surface area contributed by atoms with E-state index in [0.717, 1.165) is 24.7 Å². The van der Waals surface area contributed by atoms with Gasteiger partial charge in [-0.25, -0.2) is 4.98 Å². The number of piperidine rings is 1. The van der Waals surface area contributed by atoms with E-state index in [1.165, 1.54) is 12.3 Å². The summed E-state index contributed by atoms with van der Waals surface area (Å²) in [6, 6.07) is 11.8. The first kappa shape index (κ1) is 22.9. The summed E-state index contributed by atoms with van der Waals surface area (Å²) in [5.41, 5.74) is 0.863. The fourth-order valence-corrected chi connectivity index (χ4v) is 4.64. The van der Waals surface area contributed by atoms with Crippen LogP contribution >= 0.6 is 0 Å². The van der Waals surface area contributed by atoms with Gasteiger partial charge in [0.1, 0.15) is 5.82 Å². The standard InChI is InChI=1S/C24H26F3N5O/c25-24(26,27)21-5-1-10-29-22(21)32-11-2-4-19(17-32)23(33)31-13-3-12-30(14-15-31)20-8-6-18(16-28)7-9-20/h1,5-10,19H,2-4,11-15,17H2. The zero-order valence-corrected chi connectivity index (χ0v) is 18.3. The van der Waals surface area contributed by atoms with Crippen molar-refractivity contribution in [1.82, 2.24) is 9.88 Å². The second-order valence-electron chi connectivity index (χ2n) is 8.48. The molecule has 0 bridgehead atoms. The van der Waals surface area contributed by atoms with E-state index in [0.29, 0.717) is 44.6 Å². The van der Waals surface area contributed by atoms with Gasteiger partial charge in [-0.3, -0.25) is 4.79 Å². The van der Waals surface area contributed by atoms with Crippen molar-refractivity contribution in [2.24, 2.45) is 5.92 Å². The zero-order valence-electron chi connectivity index (χ0n) is 18.3. The van der Waals surface area contributed by atoms with E-state index in [-0.39, 0.29) is 24.2 Å². The Bertz CT molecular complexity index is 1020. The molecule has 2 aromatic rings. The van der Waals surface area contributed by atoms with Crippen LogP contribution in [0.4, 0.5) is 24.7 Å². The number of nitriles is 1. The summed E-state index contributed by atoms with van der Waals surface area (Å²) in [4.78, 5) is 22.9. The van der Waals surface area contributed by atoms with Gasteiger partial charge in [-0.1, -0.05) is 0 Å². The van der Waals surface area contributed by atoms with Gasteiger partial charge in [0, 0.05) is 51.2 Å². The van der Waals surface area contributed by atoms with E-state index >= 15 is 0 Å². The predicted octanol–water partition coefficient (Wildman–Crippen LogP) is 3.93. The minimum absolute atomic E-state index is 0.00543. The van der Waals surface area contributed by atoms with Crippen molar-refractivity contribution in [3.05, 3.63) is 53.7 Å². The van der Waals surface area contributed by atoms with Crippen molar-refractivity contribution in [2.45, 2.75) is 25.4 Å². The third-order valence-corrected chi connectivity index (χ3v) is 6.33. The fraction of sp³-hybridized carbons (Fsp3) is 0.458. The lowest BCUT2D eigenvalue weighted by atomic mass is 9.96. The zero-order chi connectivity index (χ0) is 23.4. The van der Waals surface area contributed by atoms with Crippen LogP contribution in [-0.2, 0) is 11.0 Å². The number of nitrogens with zero attached hydrogens (tertiary/aromatic N) is 5. The first-order valence-electron chi connectivity index (χ1n) is 11.2. The van der Waals surface area contributed by atoms with Crippen molar-refractivity contribution < 1.29 is 18.0 Å². The molecule has 1 unspecified atom stereocenters. The van der Waals surface area contributed by atoms with Gasteiger partial charge < -0.3 is 14.7 Å². The number of rotatable bonds is 3. The van der Waals surface area contributed by atoms with E-state index in [9.17, 15) is 18.0 Å². The second kappa shape index (κ2) is 9.69. The van der Waals surface area contributed by atoms with Crippen molar-refractivity contribution in [3.8, 4) is 6.07 Å². The largest absolute Gasteiger partial charge is 0.419 e. The number of anilines is 2. The normalized spacial score (nSPS) is 19.7. The van der Waals surface area contributed by atoms with Crippen LogP contribution in [0, 0.1) is 17.2 Å². The van der Waals surface area contributed by atoms with Crippen LogP contribution in [0.5, 0.6) is 0 Å². The van der Waals surface area contributed by atoms with Gasteiger partial charge in [0.25, 0.3) is 0 Å². The summed E-state index contributed by atoms with van der Waals surface area (Å²) < 4.78 is 40.4. The maximum absolute atomic E-state index is 13.5. The van der Waals surface area contributed by atoms with Crippen molar-refractivity contribution in [1.29, 1.82) is 5.26 Å². The van der Waals surface area contributed by atoms with Gasteiger partial charge >= 0.3 is 6.18 Å². The molecule has 0 radical (unpaired) electrons. The van der Waals surface area contributed by atoms with Crippen molar-refractivity contribution >= 4 is 17.4 Å². The van der Waals surface area contributed by atoms with Crippen molar-refractivity contribution in [3.63, 3.8) is 0 Å². The monoisotopic (exact) mass is 457 g/mol. The molecule has 1 aromatic carbocycles. The number of aromatic nitrogens is 1. The van der Waals surface area contributed by atoms with Gasteiger partial charge in [-0.2, -0.15) is 18.4 Å². The lowest BCUT2D eigenvalue weighted by Crippen LogP contribution is -2.46. The fourth-order valence-electron chi connectivity index (χ4n) is 4.64. The Morgan fingerprint density at radius 2 is 1.76 bits per heavy atom. The van der Waals surface area contributed by atoms with Gasteiger partial charge in [0.15, 0.2) is 0 Å². The molecule has 0 spiro atoms. The Morgan fingerprint density at radius 3 is 2.48 bits per heavy atom. The summed E-state index contributed by atoms with van der Waals surface area (Å²) in [5.74, 6) is -0.431. The molecule has 2 aliphatic rings. The first-order valence-corrected chi connectivity index (χ1v) is 11.2. The van der Waals surface area contributed by atoms with E-state index in [1.54, 1.807) is 17.0 Å². The summed E-state index contributed by atoms with van der Waals surface area (Å²) in [7, 11) is 0. The van der Waals surface area contributed by atoms with Crippen LogP contribution < -0.4 is 9.80 Å². The Balaban J connectivity index is 1.41. The van der Waals surface area contributed by atoms with E-state index in [4.69, 9.17) is 5.26 Å². The maximum atomic E-state index is 13.5. The molecule has 3 heterocycles. The minimum Gasteiger partial charge on any atom is -0.370 e. The molecule has 0 N–H and O–H groups in total. The van der Waals surface area contributed by atoms with Crippen LogP contribution in [-0.4, -0.2) is 55.1 Å². The van der Waals surface area contributed by atoms with Gasteiger partial charge in [-0.15, -0.1) is 0 Å². The summed E-state index contributed by atoms with van der Waals surface area (Å²) in [6.07, 6.45) is -1.00. The van der Waals surface area contributed by atoms with E-state index < -0.39 is 11.7 Å². The molecule has 33 heavy (non-hydrogen) atoms. The molecule has 6 nitrogen and oxygen atoms in total. The van der Waals surface area contributed by atoms with Gasteiger partial charge in [-0.05, 0) is 55.7 Å². The first-order chi connectivity index (χ1) is 15.9. The molecule has 2 fully saturated rings. The van der Waals surface area contributed by atoms with Crippen LogP contribution in [0.2, 0.25) is 0 Å². The lowest BCUT2D eigenvalue weighted by Gasteiger charge is -2.36. The molecule has 1 amide bonds. The molecule has 9 heteroatoms. The van der Waals surface area contributed by atoms with E-state index in [1.807, 2.05) is 17.0 Å². The molecular formula is C24H26F3N5O. The molecule has 1 aromatic heterocycles. The van der Waals surface area contributed by atoms with E-state index in [2.05, 4.69) is 16.0 Å². The number of carbonyl (C=O) groups is 1. The smallest absolute Gasteiger partial charge is 0.370 e. The Morgan fingerprint density at radius 1 is 1.00 bits per heavy atom. The highest BCUT2D eigenvalue weighted by Crippen LogP contribution is 2.36. The number of amides is 1. The summed E-state index contributed by atoms with van der Waals surface area (Å²) in [5, 5.41) is 8.98. The van der Waals surface area contributed by atoms with Crippen molar-refractivity contribution in [2.75, 3.05) is 49.1 Å². The third-order valence-electron chi connectivity index (χ3n) is 6.33. The molecule has 2 saturated heterocycles. The summed E-state index contributed by atoms with van der Waals surface area (Å²) in [6.45, 7) is 3.36.